The molecular weight excluding hydrogens is 322 g/mol. The van der Waals surface area contributed by atoms with Gasteiger partial charge in [-0.2, -0.15) is 9.97 Å². The van der Waals surface area contributed by atoms with Gasteiger partial charge in [-0.15, -0.1) is 4.91 Å². The van der Waals surface area contributed by atoms with Gasteiger partial charge in [0.05, 0.1) is 0 Å². The van der Waals surface area contributed by atoms with Crippen molar-refractivity contribution in [3.8, 4) is 5.88 Å². The standard InChI is InChI=1S/C17H17N5O3/c1-2-3-5-10-13(23)19-15-14(22-24)16(21-17(18)20-15)25-11-12-8-6-4-7-9-12/h2-10H,11H2,1H3,(H3,18,19,20,21,23)/b3-2+,10-5-. The van der Waals surface area contributed by atoms with E-state index in [0.717, 1.165) is 5.56 Å². The van der Waals surface area contributed by atoms with Crippen molar-refractivity contribution < 1.29 is 9.53 Å². The third kappa shape index (κ3) is 5.24. The highest BCUT2D eigenvalue weighted by Gasteiger charge is 2.17. The Bertz CT molecular complexity index is 803. The van der Waals surface area contributed by atoms with Crippen LogP contribution in [0.1, 0.15) is 12.5 Å². The predicted octanol–water partition coefficient (Wildman–Crippen LogP) is 3.11. The molecule has 0 spiro atoms. The normalized spacial score (nSPS) is 10.9. The number of rotatable bonds is 7. The lowest BCUT2D eigenvalue weighted by molar-refractivity contribution is -0.111. The lowest BCUT2D eigenvalue weighted by Gasteiger charge is -2.10. The second-order valence-electron chi connectivity index (χ2n) is 4.82. The van der Waals surface area contributed by atoms with Crippen LogP contribution in [-0.4, -0.2) is 15.9 Å². The van der Waals surface area contributed by atoms with E-state index >= 15 is 0 Å². The lowest BCUT2D eigenvalue weighted by atomic mass is 10.2. The molecule has 0 bridgehead atoms. The number of carbonyl (C=O) groups is 1. The number of benzene rings is 1. The highest BCUT2D eigenvalue weighted by Crippen LogP contribution is 2.33. The van der Waals surface area contributed by atoms with Gasteiger partial charge >= 0.3 is 0 Å². The van der Waals surface area contributed by atoms with Crippen LogP contribution in [0.15, 0.2) is 59.8 Å². The van der Waals surface area contributed by atoms with Gasteiger partial charge < -0.3 is 15.8 Å². The van der Waals surface area contributed by atoms with Gasteiger partial charge in [0.25, 0.3) is 5.88 Å². The summed E-state index contributed by atoms with van der Waals surface area (Å²) < 4.78 is 5.51. The Morgan fingerprint density at radius 1 is 1.28 bits per heavy atom. The van der Waals surface area contributed by atoms with Crippen LogP contribution < -0.4 is 15.8 Å². The smallest absolute Gasteiger partial charge is 0.251 e. The van der Waals surface area contributed by atoms with Crippen LogP contribution in [0.2, 0.25) is 0 Å². The van der Waals surface area contributed by atoms with Crippen molar-refractivity contribution in [3.63, 3.8) is 0 Å². The number of nitrogens with zero attached hydrogens (tertiary/aromatic N) is 3. The number of allylic oxidation sites excluding steroid dienone is 3. The molecule has 0 aliphatic rings. The SMILES string of the molecule is C/C=C/C=C\C(=O)Nc1nc(N)nc(OCc2ccccc2)c1N=O. The molecule has 1 heterocycles. The summed E-state index contributed by atoms with van der Waals surface area (Å²) in [6.45, 7) is 1.98. The van der Waals surface area contributed by atoms with Crippen molar-refractivity contribution in [2.24, 2.45) is 5.18 Å². The third-order valence-electron chi connectivity index (χ3n) is 2.97. The average molecular weight is 339 g/mol. The van der Waals surface area contributed by atoms with Crippen molar-refractivity contribution >= 4 is 23.4 Å². The van der Waals surface area contributed by atoms with Crippen LogP contribution in [0.5, 0.6) is 5.88 Å². The van der Waals surface area contributed by atoms with Gasteiger partial charge in [-0.25, -0.2) is 0 Å². The van der Waals surface area contributed by atoms with E-state index < -0.39 is 5.91 Å². The molecule has 0 aliphatic heterocycles. The summed E-state index contributed by atoms with van der Waals surface area (Å²) in [5, 5.41) is 5.30. The third-order valence-corrected chi connectivity index (χ3v) is 2.97. The summed E-state index contributed by atoms with van der Waals surface area (Å²) in [6, 6.07) is 9.29. The molecule has 25 heavy (non-hydrogen) atoms. The first kappa shape index (κ1) is 17.8. The monoisotopic (exact) mass is 339 g/mol. The van der Waals surface area contributed by atoms with Crippen molar-refractivity contribution in [2.75, 3.05) is 11.1 Å². The minimum absolute atomic E-state index is 0.0981. The molecule has 128 valence electrons. The number of anilines is 2. The number of hydrogen-bond donors (Lipinski definition) is 2. The molecule has 0 radical (unpaired) electrons. The molecule has 1 amide bonds. The maximum atomic E-state index is 11.8. The first-order valence-corrected chi connectivity index (χ1v) is 7.42. The van der Waals surface area contributed by atoms with Crippen molar-refractivity contribution in [2.45, 2.75) is 13.5 Å². The maximum absolute atomic E-state index is 11.8. The number of aromatic nitrogens is 2. The van der Waals surface area contributed by atoms with E-state index in [1.165, 1.54) is 6.08 Å². The van der Waals surface area contributed by atoms with Gasteiger partial charge in [-0.3, -0.25) is 4.79 Å². The Hall–Kier alpha value is -3.55. The molecule has 0 unspecified atom stereocenters. The number of nitrogens with two attached hydrogens (primary N) is 1. The van der Waals surface area contributed by atoms with E-state index in [1.807, 2.05) is 37.3 Å². The van der Waals surface area contributed by atoms with Crippen LogP contribution in [-0.2, 0) is 11.4 Å². The van der Waals surface area contributed by atoms with Crippen LogP contribution in [0.25, 0.3) is 0 Å². The summed E-state index contributed by atoms with van der Waals surface area (Å²) in [4.78, 5) is 30.7. The number of hydrogen-bond acceptors (Lipinski definition) is 7. The first-order valence-electron chi connectivity index (χ1n) is 7.42. The number of ether oxygens (including phenoxy) is 1. The molecule has 2 aromatic rings. The van der Waals surface area contributed by atoms with Gasteiger partial charge in [-0.05, 0) is 17.7 Å². The summed E-state index contributed by atoms with van der Waals surface area (Å²) >= 11 is 0. The highest BCUT2D eigenvalue weighted by atomic mass is 16.5. The number of nitroso groups, excluding NO2 is 1. The fourth-order valence-electron chi connectivity index (χ4n) is 1.86. The van der Waals surface area contributed by atoms with E-state index in [1.54, 1.807) is 18.2 Å². The molecule has 1 aromatic carbocycles. The zero-order valence-corrected chi connectivity index (χ0v) is 13.5. The Morgan fingerprint density at radius 3 is 2.72 bits per heavy atom. The fraction of sp³-hybridized carbons (Fsp3) is 0.118. The number of nitrogens with one attached hydrogen (secondary N) is 1. The van der Waals surface area contributed by atoms with Crippen LogP contribution in [0.4, 0.5) is 17.5 Å². The molecule has 3 N–H and O–H groups in total. The number of amides is 1. The van der Waals surface area contributed by atoms with Crippen molar-refractivity contribution in [1.82, 2.24) is 9.97 Å². The zero-order valence-electron chi connectivity index (χ0n) is 13.5. The maximum Gasteiger partial charge on any atom is 0.251 e. The molecule has 0 fully saturated rings. The Labute approximate surface area is 144 Å². The average Bonchev–Trinajstić information content (AvgIpc) is 2.61. The van der Waals surface area contributed by atoms with E-state index in [2.05, 4.69) is 20.5 Å². The van der Waals surface area contributed by atoms with Gasteiger partial charge in [-0.1, -0.05) is 48.6 Å². The minimum Gasteiger partial charge on any atom is -0.471 e. The molecule has 0 aliphatic carbocycles. The predicted molar refractivity (Wildman–Crippen MR) is 95.3 cm³/mol. The zero-order chi connectivity index (χ0) is 18.1. The topological polar surface area (TPSA) is 120 Å². The Morgan fingerprint density at radius 2 is 2.04 bits per heavy atom. The van der Waals surface area contributed by atoms with Crippen LogP contribution in [0.3, 0.4) is 0 Å². The van der Waals surface area contributed by atoms with Gasteiger partial charge in [0, 0.05) is 6.08 Å². The van der Waals surface area contributed by atoms with E-state index in [-0.39, 0.29) is 29.9 Å². The molecule has 8 heteroatoms. The Kier molecular flexibility index (Phi) is 6.35. The molecular formula is C17H17N5O3. The first-order chi connectivity index (χ1) is 12.1. The summed E-state index contributed by atoms with van der Waals surface area (Å²) in [5.41, 5.74) is 6.27. The molecule has 1 aromatic heterocycles. The molecule has 0 atom stereocenters. The minimum atomic E-state index is -0.491. The number of carbonyl (C=O) groups excluding carboxylic acids is 1. The highest BCUT2D eigenvalue weighted by molar-refractivity contribution is 6.00. The van der Waals surface area contributed by atoms with E-state index in [9.17, 15) is 9.70 Å². The quantitative estimate of drug-likeness (QED) is 0.454. The van der Waals surface area contributed by atoms with Crippen LogP contribution in [0, 0.1) is 4.91 Å². The van der Waals surface area contributed by atoms with Gasteiger partial charge in [0.2, 0.25) is 17.5 Å². The van der Waals surface area contributed by atoms with Crippen molar-refractivity contribution in [3.05, 3.63) is 65.1 Å². The van der Waals surface area contributed by atoms with E-state index in [0.29, 0.717) is 0 Å². The molecule has 0 saturated heterocycles. The molecule has 2 rings (SSSR count). The lowest BCUT2D eigenvalue weighted by Crippen LogP contribution is -2.12. The second kappa shape index (κ2) is 8.92. The van der Waals surface area contributed by atoms with Gasteiger partial charge in [0.1, 0.15) is 6.61 Å². The van der Waals surface area contributed by atoms with Crippen molar-refractivity contribution in [1.29, 1.82) is 0 Å². The molecule has 0 saturated carbocycles. The van der Waals surface area contributed by atoms with Crippen LogP contribution >= 0.6 is 0 Å². The summed E-state index contributed by atoms with van der Waals surface area (Å²) in [6.07, 6.45) is 6.26. The summed E-state index contributed by atoms with van der Waals surface area (Å²) in [5.74, 6) is -0.849. The van der Waals surface area contributed by atoms with E-state index in [4.69, 9.17) is 10.5 Å². The number of nitrogen functional groups attached to an aromatic ring is 1. The molecule has 8 nitrogen and oxygen atoms in total. The fourth-order valence-corrected chi connectivity index (χ4v) is 1.86. The summed E-state index contributed by atoms with van der Waals surface area (Å²) in [7, 11) is 0. The Balaban J connectivity index is 2.21. The van der Waals surface area contributed by atoms with Gasteiger partial charge in [0.15, 0.2) is 5.82 Å². The second-order valence-corrected chi connectivity index (χ2v) is 4.82. The largest absolute Gasteiger partial charge is 0.471 e.